The van der Waals surface area contributed by atoms with Gasteiger partial charge < -0.3 is 10.5 Å². The van der Waals surface area contributed by atoms with Crippen molar-refractivity contribution in [3.63, 3.8) is 0 Å². The molecule has 0 saturated carbocycles. The Morgan fingerprint density at radius 1 is 1.10 bits per heavy atom. The van der Waals surface area contributed by atoms with Crippen molar-refractivity contribution in [2.45, 2.75) is 79.1 Å². The highest BCUT2D eigenvalue weighted by Crippen LogP contribution is 2.26. The number of rotatable bonds is 13. The summed E-state index contributed by atoms with van der Waals surface area (Å²) in [5, 5.41) is 1.23. The standard InChI is InChI=1S/C30H46N4O5/c1-21(2)17-18-34(30(37)23(5)31)32-28(35)26(20-22(3)4)25(15-11-14-24-12-7-6-8-13-24)29(36)33-39-27-16-9-10-19-38-27/h6-8,11-14,17,22-23,25-27H,9-10,15-16,18-20,31H2,1-5H3,(H,32,35)(H,33,36)/t23-,25+,26-,27?/m1/s1. The van der Waals surface area contributed by atoms with Crippen LogP contribution in [0, 0.1) is 17.8 Å². The van der Waals surface area contributed by atoms with Crippen LogP contribution in [0.15, 0.2) is 48.1 Å². The molecule has 4 N–H and O–H groups in total. The second kappa shape index (κ2) is 16.8. The summed E-state index contributed by atoms with van der Waals surface area (Å²) in [5.74, 6) is -2.58. The third-order valence-electron chi connectivity index (χ3n) is 6.40. The number of ether oxygens (including phenoxy) is 1. The number of hydrogen-bond acceptors (Lipinski definition) is 6. The molecular weight excluding hydrogens is 496 g/mol. The summed E-state index contributed by atoms with van der Waals surface area (Å²) in [7, 11) is 0. The maximum absolute atomic E-state index is 13.7. The van der Waals surface area contributed by atoms with Crippen LogP contribution < -0.4 is 16.6 Å². The van der Waals surface area contributed by atoms with Crippen molar-refractivity contribution >= 4 is 23.8 Å². The number of hydrogen-bond donors (Lipinski definition) is 3. The van der Waals surface area contributed by atoms with Crippen molar-refractivity contribution in [1.29, 1.82) is 0 Å². The SMILES string of the molecule is CC(C)=CCN(NC(=O)[C@H](CC(C)C)[C@H](CC=Cc1ccccc1)C(=O)NOC1CCCCO1)C(=O)[C@@H](C)N. The van der Waals surface area contributed by atoms with E-state index in [-0.39, 0.29) is 12.5 Å². The molecule has 0 radical (unpaired) electrons. The summed E-state index contributed by atoms with van der Waals surface area (Å²) >= 11 is 0. The Hall–Kier alpha value is -3.01. The van der Waals surface area contributed by atoms with E-state index in [0.29, 0.717) is 25.9 Å². The van der Waals surface area contributed by atoms with Crippen LogP contribution >= 0.6 is 0 Å². The molecule has 9 heteroatoms. The average Bonchev–Trinajstić information content (AvgIpc) is 2.91. The number of carbonyl (C=O) groups is 3. The van der Waals surface area contributed by atoms with Gasteiger partial charge in [-0.25, -0.2) is 15.3 Å². The van der Waals surface area contributed by atoms with E-state index in [0.717, 1.165) is 24.0 Å². The molecule has 1 unspecified atom stereocenters. The zero-order valence-corrected chi connectivity index (χ0v) is 24.0. The summed E-state index contributed by atoms with van der Waals surface area (Å²) in [4.78, 5) is 45.5. The van der Waals surface area contributed by atoms with Crippen molar-refractivity contribution in [1.82, 2.24) is 15.9 Å². The molecule has 1 aromatic rings. The summed E-state index contributed by atoms with van der Waals surface area (Å²) < 4.78 is 5.58. The molecule has 4 atom stereocenters. The third kappa shape index (κ3) is 11.7. The van der Waals surface area contributed by atoms with Crippen LogP contribution in [-0.4, -0.2) is 48.2 Å². The van der Waals surface area contributed by atoms with E-state index in [1.165, 1.54) is 5.01 Å². The van der Waals surface area contributed by atoms with Gasteiger partial charge in [-0.1, -0.05) is 68.0 Å². The van der Waals surface area contributed by atoms with Crippen molar-refractivity contribution in [3.05, 3.63) is 53.6 Å². The predicted molar refractivity (Wildman–Crippen MR) is 152 cm³/mol. The largest absolute Gasteiger partial charge is 0.350 e. The molecule has 1 aliphatic rings. The Labute approximate surface area is 233 Å². The van der Waals surface area contributed by atoms with Gasteiger partial charge >= 0.3 is 0 Å². The molecule has 0 aliphatic carbocycles. The number of benzene rings is 1. The lowest BCUT2D eigenvalue weighted by atomic mass is 9.82. The number of nitrogens with one attached hydrogen (secondary N) is 2. The van der Waals surface area contributed by atoms with Crippen molar-refractivity contribution in [2.75, 3.05) is 13.2 Å². The lowest BCUT2D eigenvalue weighted by molar-refractivity contribution is -0.203. The molecule has 216 valence electrons. The Bertz CT molecular complexity index is 967. The van der Waals surface area contributed by atoms with Gasteiger partial charge in [0.25, 0.3) is 5.91 Å². The Morgan fingerprint density at radius 3 is 2.41 bits per heavy atom. The minimum atomic E-state index is -0.795. The number of nitrogens with two attached hydrogens (primary N) is 1. The highest BCUT2D eigenvalue weighted by Gasteiger charge is 2.35. The summed E-state index contributed by atoms with van der Waals surface area (Å²) in [6.07, 6.45) is 8.49. The van der Waals surface area contributed by atoms with Gasteiger partial charge in [-0.15, -0.1) is 0 Å². The molecule has 2 rings (SSSR count). The van der Waals surface area contributed by atoms with Crippen LogP contribution in [0.1, 0.15) is 72.3 Å². The van der Waals surface area contributed by atoms with Crippen molar-refractivity contribution in [3.8, 4) is 0 Å². The molecule has 0 spiro atoms. The smallest absolute Gasteiger partial charge is 0.257 e. The molecule has 39 heavy (non-hydrogen) atoms. The number of hydroxylamine groups is 1. The van der Waals surface area contributed by atoms with E-state index in [9.17, 15) is 14.4 Å². The molecule has 1 heterocycles. The first-order valence-corrected chi connectivity index (χ1v) is 13.9. The number of nitrogens with zero attached hydrogens (tertiary/aromatic N) is 1. The van der Waals surface area contributed by atoms with Gasteiger partial charge in [-0.3, -0.25) is 19.8 Å². The van der Waals surface area contributed by atoms with E-state index >= 15 is 0 Å². The Balaban J connectivity index is 2.29. The first-order chi connectivity index (χ1) is 18.6. The molecule has 9 nitrogen and oxygen atoms in total. The van der Waals surface area contributed by atoms with Gasteiger partial charge in [0.2, 0.25) is 11.8 Å². The summed E-state index contributed by atoms with van der Waals surface area (Å²) in [5.41, 5.74) is 13.2. The predicted octanol–water partition coefficient (Wildman–Crippen LogP) is 4.12. The highest BCUT2D eigenvalue weighted by molar-refractivity contribution is 5.89. The van der Waals surface area contributed by atoms with Crippen LogP contribution in [0.5, 0.6) is 0 Å². The summed E-state index contributed by atoms with van der Waals surface area (Å²) in [6, 6.07) is 8.95. The fraction of sp³-hybridized carbons (Fsp3) is 0.567. The number of allylic oxidation sites excluding steroid dienone is 2. The third-order valence-corrected chi connectivity index (χ3v) is 6.40. The first-order valence-electron chi connectivity index (χ1n) is 13.9. The van der Waals surface area contributed by atoms with Crippen LogP contribution in [0.2, 0.25) is 0 Å². The quantitative estimate of drug-likeness (QED) is 0.255. The molecular formula is C30H46N4O5. The normalized spacial score (nSPS) is 17.8. The second-order valence-electron chi connectivity index (χ2n) is 10.8. The maximum Gasteiger partial charge on any atom is 0.257 e. The van der Waals surface area contributed by atoms with E-state index < -0.39 is 41.9 Å². The van der Waals surface area contributed by atoms with Gasteiger partial charge in [-0.05, 0) is 57.9 Å². The van der Waals surface area contributed by atoms with Crippen molar-refractivity contribution < 1.29 is 24.0 Å². The fourth-order valence-corrected chi connectivity index (χ4v) is 4.26. The fourth-order valence-electron chi connectivity index (χ4n) is 4.26. The molecule has 0 bridgehead atoms. The van der Waals surface area contributed by atoms with E-state index in [1.54, 1.807) is 6.92 Å². The lowest BCUT2D eigenvalue weighted by Crippen LogP contribution is -2.54. The van der Waals surface area contributed by atoms with Gasteiger partial charge in [0.1, 0.15) is 0 Å². The monoisotopic (exact) mass is 542 g/mol. The van der Waals surface area contributed by atoms with Gasteiger partial charge in [-0.2, -0.15) is 0 Å². The van der Waals surface area contributed by atoms with Gasteiger partial charge in [0, 0.05) is 13.0 Å². The highest BCUT2D eigenvalue weighted by atomic mass is 16.8. The molecule has 3 amide bonds. The van der Waals surface area contributed by atoms with E-state index in [1.807, 2.05) is 76.3 Å². The summed E-state index contributed by atoms with van der Waals surface area (Å²) in [6.45, 7) is 10.1. The second-order valence-corrected chi connectivity index (χ2v) is 10.8. The number of hydrazine groups is 1. The topological polar surface area (TPSA) is 123 Å². The molecule has 0 aromatic heterocycles. The lowest BCUT2D eigenvalue weighted by Gasteiger charge is -2.31. The van der Waals surface area contributed by atoms with Crippen LogP contribution in [0.4, 0.5) is 0 Å². The van der Waals surface area contributed by atoms with Crippen LogP contribution in [-0.2, 0) is 24.0 Å². The van der Waals surface area contributed by atoms with E-state index in [2.05, 4.69) is 10.9 Å². The van der Waals surface area contributed by atoms with Crippen molar-refractivity contribution in [2.24, 2.45) is 23.5 Å². The van der Waals surface area contributed by atoms with Gasteiger partial charge in [0.15, 0.2) is 6.29 Å². The average molecular weight is 543 g/mol. The number of amides is 3. The molecule has 1 aliphatic heterocycles. The molecule has 1 aromatic carbocycles. The minimum absolute atomic E-state index is 0.118. The van der Waals surface area contributed by atoms with E-state index in [4.69, 9.17) is 15.3 Å². The molecule has 1 saturated heterocycles. The maximum atomic E-state index is 13.7. The number of carbonyl (C=O) groups excluding carboxylic acids is 3. The minimum Gasteiger partial charge on any atom is -0.350 e. The first kappa shape index (κ1) is 32.2. The van der Waals surface area contributed by atoms with Gasteiger partial charge in [0.05, 0.1) is 24.4 Å². The van der Waals surface area contributed by atoms with Crippen LogP contribution in [0.25, 0.3) is 6.08 Å². The zero-order valence-electron chi connectivity index (χ0n) is 24.0. The molecule has 1 fully saturated rings. The Kier molecular flexibility index (Phi) is 13.9. The van der Waals surface area contributed by atoms with Crippen LogP contribution in [0.3, 0.4) is 0 Å². The zero-order chi connectivity index (χ0) is 28.8. The Morgan fingerprint density at radius 2 is 1.82 bits per heavy atom.